The molecule has 0 saturated carbocycles. The first kappa shape index (κ1) is 20.7. The summed E-state index contributed by atoms with van der Waals surface area (Å²) in [6, 6.07) is 7.01. The molecule has 2 rings (SSSR count). The molecule has 4 nitrogen and oxygen atoms in total. The van der Waals surface area contributed by atoms with E-state index in [1.165, 1.54) is 0 Å². The number of benzene rings is 1. The maximum atomic E-state index is 13.2. The van der Waals surface area contributed by atoms with Gasteiger partial charge in [-0.15, -0.1) is 0 Å². The van der Waals surface area contributed by atoms with Gasteiger partial charge in [-0.25, -0.2) is 9.97 Å². The number of anilines is 2. The number of hydrogen-bond donors (Lipinski definition) is 1. The zero-order valence-corrected chi connectivity index (χ0v) is 16.1. The summed E-state index contributed by atoms with van der Waals surface area (Å²) in [7, 11) is -2.50. The predicted molar refractivity (Wildman–Crippen MR) is 99.3 cm³/mol. The van der Waals surface area contributed by atoms with Crippen LogP contribution in [0.15, 0.2) is 30.5 Å². The van der Waals surface area contributed by atoms with Gasteiger partial charge in [0.1, 0.15) is 17.9 Å². The first-order valence-corrected chi connectivity index (χ1v) is 10.7. The second-order valence-electron chi connectivity index (χ2n) is 5.91. The van der Waals surface area contributed by atoms with E-state index in [0.29, 0.717) is 24.2 Å². The molecule has 0 aliphatic carbocycles. The lowest BCUT2D eigenvalue weighted by Crippen LogP contribution is -2.12. The van der Waals surface area contributed by atoms with Gasteiger partial charge in [0.05, 0.1) is 0 Å². The number of nitrogens with zero attached hydrogens (tertiary/aromatic N) is 2. The van der Waals surface area contributed by atoms with Gasteiger partial charge in [0.15, 0.2) is 0 Å². The molecule has 9 heteroatoms. The molecular formula is C17H20ClF3N3OP. The third kappa shape index (κ3) is 4.98. The molecular weight excluding hydrogens is 386 g/mol. The van der Waals surface area contributed by atoms with Crippen molar-refractivity contribution in [2.24, 2.45) is 0 Å². The van der Waals surface area contributed by atoms with Crippen molar-refractivity contribution in [1.29, 1.82) is 0 Å². The van der Waals surface area contributed by atoms with Gasteiger partial charge in [-0.1, -0.05) is 37.6 Å². The summed E-state index contributed by atoms with van der Waals surface area (Å²) in [4.78, 5) is 7.32. The topological polar surface area (TPSA) is 54.9 Å². The van der Waals surface area contributed by atoms with Crippen LogP contribution in [0, 0.1) is 0 Å². The van der Waals surface area contributed by atoms with E-state index in [4.69, 9.17) is 11.6 Å². The van der Waals surface area contributed by atoms with E-state index < -0.39 is 24.0 Å². The molecule has 26 heavy (non-hydrogen) atoms. The molecule has 0 bridgehead atoms. The summed E-state index contributed by atoms with van der Waals surface area (Å²) in [6.45, 7) is 3.98. The van der Waals surface area contributed by atoms with Gasteiger partial charge in [-0.05, 0) is 25.0 Å². The number of hydrogen-bond acceptors (Lipinski definition) is 4. The average Bonchev–Trinajstić information content (AvgIpc) is 2.54. The van der Waals surface area contributed by atoms with Gasteiger partial charge >= 0.3 is 6.18 Å². The summed E-state index contributed by atoms with van der Waals surface area (Å²) in [6.07, 6.45) is -1.11. The molecule has 2 aromatic rings. The van der Waals surface area contributed by atoms with Crippen molar-refractivity contribution in [2.45, 2.75) is 32.9 Å². The van der Waals surface area contributed by atoms with Crippen LogP contribution in [0.3, 0.4) is 0 Å². The molecule has 0 atom stereocenters. The maximum Gasteiger partial charge on any atom is 0.420 e. The van der Waals surface area contributed by atoms with E-state index in [1.807, 2.05) is 19.9 Å². The third-order valence-corrected chi connectivity index (χ3v) is 7.64. The Hall–Kier alpha value is -1.59. The van der Waals surface area contributed by atoms with Gasteiger partial charge in [-0.3, -0.25) is 0 Å². The van der Waals surface area contributed by atoms with E-state index >= 15 is 0 Å². The molecule has 0 amide bonds. The Labute approximate surface area is 155 Å². The summed E-state index contributed by atoms with van der Waals surface area (Å²) in [5.41, 5.74) is -0.542. The largest absolute Gasteiger partial charge is 0.420 e. The number of aromatic nitrogens is 2. The van der Waals surface area contributed by atoms with Gasteiger partial charge in [0.2, 0.25) is 5.95 Å². The molecule has 1 heterocycles. The van der Waals surface area contributed by atoms with Gasteiger partial charge in [-0.2, -0.15) is 13.2 Å². The van der Waals surface area contributed by atoms with Crippen LogP contribution < -0.4 is 10.6 Å². The van der Waals surface area contributed by atoms with E-state index in [1.54, 1.807) is 18.2 Å². The van der Waals surface area contributed by atoms with Crippen molar-refractivity contribution < 1.29 is 17.7 Å². The smallest absolute Gasteiger partial charge is 0.324 e. The van der Waals surface area contributed by atoms with Crippen LogP contribution in [0.1, 0.15) is 32.3 Å². The van der Waals surface area contributed by atoms with Gasteiger partial charge in [0.25, 0.3) is 0 Å². The first-order chi connectivity index (χ1) is 12.2. The molecule has 0 radical (unpaired) electrons. The number of nitrogens with one attached hydrogen (secondary N) is 1. The second kappa shape index (κ2) is 8.40. The fraction of sp³-hybridized carbons (Fsp3) is 0.412. The monoisotopic (exact) mass is 405 g/mol. The predicted octanol–water partition coefficient (Wildman–Crippen LogP) is 5.70. The molecule has 1 aromatic carbocycles. The molecule has 1 N–H and O–H groups in total. The normalized spacial score (nSPS) is 12.2. The van der Waals surface area contributed by atoms with Gasteiger partial charge < -0.3 is 9.88 Å². The van der Waals surface area contributed by atoms with Crippen molar-refractivity contribution in [1.82, 2.24) is 9.97 Å². The van der Waals surface area contributed by atoms with E-state index in [9.17, 15) is 17.7 Å². The van der Waals surface area contributed by atoms with Crippen LogP contribution in [-0.2, 0) is 10.7 Å². The maximum absolute atomic E-state index is 13.2. The fourth-order valence-electron chi connectivity index (χ4n) is 2.67. The highest BCUT2D eigenvalue weighted by Crippen LogP contribution is 2.46. The zero-order chi connectivity index (χ0) is 19.4. The molecule has 0 unspecified atom stereocenters. The Morgan fingerprint density at radius 2 is 1.85 bits per heavy atom. The zero-order valence-electron chi connectivity index (χ0n) is 14.5. The van der Waals surface area contributed by atoms with Crippen LogP contribution in [0.4, 0.5) is 24.8 Å². The van der Waals surface area contributed by atoms with Crippen LogP contribution in [0.2, 0.25) is 5.15 Å². The lowest BCUT2D eigenvalue weighted by Gasteiger charge is -2.18. The standard InChI is InChI=1S/C17H20ClF3N3OP/c1-3-8-26(25,9-4-2)13-7-5-6-12(10-13)23-16-22-11-14(15(18)24-16)17(19,20)21/h5-7,10-11H,3-4,8-9H2,1-2H3,(H,22,23,24). The van der Waals surface area contributed by atoms with Crippen molar-refractivity contribution in [2.75, 3.05) is 17.6 Å². The Morgan fingerprint density at radius 1 is 1.19 bits per heavy atom. The highest BCUT2D eigenvalue weighted by Gasteiger charge is 2.34. The number of rotatable bonds is 7. The van der Waals surface area contributed by atoms with Crippen molar-refractivity contribution in [3.8, 4) is 0 Å². The highest BCUT2D eigenvalue weighted by atomic mass is 35.5. The van der Waals surface area contributed by atoms with E-state index in [2.05, 4.69) is 15.3 Å². The Morgan fingerprint density at radius 3 is 2.38 bits per heavy atom. The van der Waals surface area contributed by atoms with Crippen LogP contribution in [0.5, 0.6) is 0 Å². The molecule has 0 aliphatic heterocycles. The average molecular weight is 406 g/mol. The Kier molecular flexibility index (Phi) is 6.69. The summed E-state index contributed by atoms with van der Waals surface area (Å²) < 4.78 is 51.4. The minimum Gasteiger partial charge on any atom is -0.324 e. The molecule has 142 valence electrons. The highest BCUT2D eigenvalue weighted by molar-refractivity contribution is 7.71. The van der Waals surface area contributed by atoms with Crippen LogP contribution in [0.25, 0.3) is 0 Å². The minimum absolute atomic E-state index is 0.0547. The summed E-state index contributed by atoms with van der Waals surface area (Å²) >= 11 is 5.61. The van der Waals surface area contributed by atoms with Crippen LogP contribution in [-0.4, -0.2) is 22.3 Å². The lowest BCUT2D eigenvalue weighted by molar-refractivity contribution is -0.137. The molecule has 1 aromatic heterocycles. The first-order valence-electron chi connectivity index (χ1n) is 8.25. The van der Waals surface area contributed by atoms with Crippen molar-refractivity contribution in [3.05, 3.63) is 41.2 Å². The second-order valence-corrected chi connectivity index (χ2v) is 9.46. The number of halogens is 4. The number of alkyl halides is 3. The minimum atomic E-state index is -4.61. The van der Waals surface area contributed by atoms with E-state index in [0.717, 1.165) is 18.1 Å². The third-order valence-electron chi connectivity index (χ3n) is 3.79. The lowest BCUT2D eigenvalue weighted by atomic mass is 10.3. The Bertz CT molecular complexity index is 804. The quantitative estimate of drug-likeness (QED) is 0.474. The molecule has 0 spiro atoms. The van der Waals surface area contributed by atoms with Gasteiger partial charge in [0, 0.05) is 29.5 Å². The summed E-state index contributed by atoms with van der Waals surface area (Å²) in [5.74, 6) is -0.0547. The molecule has 0 saturated heterocycles. The fourth-order valence-corrected chi connectivity index (χ4v) is 5.82. The van der Waals surface area contributed by atoms with Crippen molar-refractivity contribution in [3.63, 3.8) is 0 Å². The van der Waals surface area contributed by atoms with E-state index in [-0.39, 0.29) is 5.95 Å². The molecule has 0 fully saturated rings. The van der Waals surface area contributed by atoms with Crippen LogP contribution >= 0.6 is 18.7 Å². The SMILES string of the molecule is CCCP(=O)(CCC)c1cccc(Nc2ncc(C(F)(F)F)c(Cl)n2)c1. The summed E-state index contributed by atoms with van der Waals surface area (Å²) in [5, 5.41) is 2.89. The van der Waals surface area contributed by atoms with Crippen molar-refractivity contribution >= 4 is 35.7 Å². The molecule has 0 aliphatic rings. The Balaban J connectivity index is 2.29.